The summed E-state index contributed by atoms with van der Waals surface area (Å²) < 4.78 is 104. The lowest BCUT2D eigenvalue weighted by Gasteiger charge is -2.39. The number of hydrogen-bond donors (Lipinski definition) is 0. The largest absolute Gasteiger partial charge is 0.416 e. The second kappa shape index (κ2) is 8.96. The fourth-order valence-electron chi connectivity index (χ4n) is 3.36. The van der Waals surface area contributed by atoms with Crippen molar-refractivity contribution in [1.82, 2.24) is 4.90 Å². The summed E-state index contributed by atoms with van der Waals surface area (Å²) in [6.45, 7) is 1.50. The molecule has 32 heavy (non-hydrogen) atoms. The minimum Gasteiger partial charge on any atom is -0.348 e. The van der Waals surface area contributed by atoms with E-state index in [-0.39, 0.29) is 24.8 Å². The molecule has 1 heterocycles. The fourth-order valence-corrected chi connectivity index (χ4v) is 3.36. The maximum atomic E-state index is 13.3. The molecule has 4 nitrogen and oxygen atoms in total. The van der Waals surface area contributed by atoms with Crippen LogP contribution in [0.4, 0.5) is 30.7 Å². The number of morpholine rings is 1. The van der Waals surface area contributed by atoms with Gasteiger partial charge < -0.3 is 9.47 Å². The summed E-state index contributed by atoms with van der Waals surface area (Å²) in [5.41, 5.74) is -2.85. The minimum atomic E-state index is -4.99. The zero-order chi connectivity index (χ0) is 23.7. The van der Waals surface area contributed by atoms with Gasteiger partial charge in [-0.05, 0) is 48.4 Å². The van der Waals surface area contributed by atoms with Gasteiger partial charge in [-0.15, -0.1) is 0 Å². The number of nitrogens with zero attached hydrogens (tertiary/aromatic N) is 2. The van der Waals surface area contributed by atoms with E-state index < -0.39 is 47.7 Å². The van der Waals surface area contributed by atoms with E-state index in [9.17, 15) is 36.0 Å². The topological polar surface area (TPSA) is 45.5 Å². The van der Waals surface area contributed by atoms with Crippen LogP contribution in [0.15, 0.2) is 42.5 Å². The van der Waals surface area contributed by atoms with Crippen LogP contribution in [0.1, 0.15) is 41.3 Å². The number of halogens is 7. The SMILES string of the molecule is C[C@@H](OC1OCCN(C#N)C1c1ccc(F)cc1)c1cc(C(F)(F)F)cc(C(F)(F)F)c1. The Balaban J connectivity index is 1.94. The first kappa shape index (κ1) is 23.8. The molecular weight excluding hydrogens is 445 g/mol. The molecule has 0 N–H and O–H groups in total. The summed E-state index contributed by atoms with van der Waals surface area (Å²) in [5.74, 6) is -0.525. The molecule has 2 unspecified atom stereocenters. The average molecular weight is 462 g/mol. The van der Waals surface area contributed by atoms with Gasteiger partial charge in [0.15, 0.2) is 12.5 Å². The first-order valence-electron chi connectivity index (χ1n) is 9.38. The number of ether oxygens (including phenoxy) is 2. The zero-order valence-corrected chi connectivity index (χ0v) is 16.5. The highest BCUT2D eigenvalue weighted by Gasteiger charge is 2.39. The molecule has 0 saturated carbocycles. The predicted molar refractivity (Wildman–Crippen MR) is 97.1 cm³/mol. The minimum absolute atomic E-state index is 0.0338. The highest BCUT2D eigenvalue weighted by atomic mass is 19.4. The zero-order valence-electron chi connectivity index (χ0n) is 16.5. The number of nitriles is 1. The van der Waals surface area contributed by atoms with Crippen LogP contribution in [-0.4, -0.2) is 24.3 Å². The Labute approximate surface area is 178 Å². The Morgan fingerprint density at radius 2 is 1.59 bits per heavy atom. The third-order valence-electron chi connectivity index (χ3n) is 4.97. The summed E-state index contributed by atoms with van der Waals surface area (Å²) in [6, 6.07) is 5.43. The van der Waals surface area contributed by atoms with Crippen molar-refractivity contribution >= 4 is 0 Å². The lowest BCUT2D eigenvalue weighted by molar-refractivity contribution is -0.221. The van der Waals surface area contributed by atoms with Gasteiger partial charge in [0.05, 0.1) is 30.4 Å². The highest BCUT2D eigenvalue weighted by molar-refractivity contribution is 5.34. The molecule has 172 valence electrons. The molecule has 3 rings (SSSR count). The van der Waals surface area contributed by atoms with Crippen LogP contribution >= 0.6 is 0 Å². The molecule has 3 atom stereocenters. The van der Waals surface area contributed by atoms with E-state index in [1.807, 2.05) is 6.19 Å². The van der Waals surface area contributed by atoms with E-state index in [1.54, 1.807) is 0 Å². The molecule has 0 amide bonds. The molecule has 1 aliphatic rings. The van der Waals surface area contributed by atoms with Crippen molar-refractivity contribution in [3.63, 3.8) is 0 Å². The van der Waals surface area contributed by atoms with E-state index in [0.29, 0.717) is 17.7 Å². The lowest BCUT2D eigenvalue weighted by atomic mass is 10.0. The molecule has 1 aliphatic heterocycles. The summed E-state index contributed by atoms with van der Waals surface area (Å²) >= 11 is 0. The number of alkyl halides is 6. The van der Waals surface area contributed by atoms with Gasteiger partial charge in [-0.2, -0.15) is 31.6 Å². The molecule has 2 aromatic rings. The van der Waals surface area contributed by atoms with Crippen molar-refractivity contribution in [3.05, 3.63) is 70.5 Å². The molecule has 2 aromatic carbocycles. The second-order valence-corrected chi connectivity index (χ2v) is 7.15. The quantitative estimate of drug-likeness (QED) is 0.424. The van der Waals surface area contributed by atoms with Crippen molar-refractivity contribution in [2.45, 2.75) is 37.7 Å². The fraction of sp³-hybridized carbons (Fsp3) is 0.381. The summed E-state index contributed by atoms with van der Waals surface area (Å²) in [6.07, 6.45) is -10.5. The van der Waals surface area contributed by atoms with E-state index in [1.165, 1.54) is 24.0 Å². The number of rotatable bonds is 4. The van der Waals surface area contributed by atoms with Gasteiger partial charge in [0.1, 0.15) is 11.9 Å². The lowest BCUT2D eigenvalue weighted by Crippen LogP contribution is -2.44. The molecule has 0 radical (unpaired) electrons. The van der Waals surface area contributed by atoms with E-state index in [0.717, 1.165) is 12.1 Å². The molecule has 0 spiro atoms. The van der Waals surface area contributed by atoms with Gasteiger partial charge in [0.2, 0.25) is 0 Å². The Bertz CT molecular complexity index is 951. The van der Waals surface area contributed by atoms with Gasteiger partial charge in [-0.3, -0.25) is 4.90 Å². The van der Waals surface area contributed by atoms with Crippen molar-refractivity contribution < 1.29 is 40.2 Å². The molecule has 11 heteroatoms. The Kier molecular flexibility index (Phi) is 6.67. The predicted octanol–water partition coefficient (Wildman–Crippen LogP) is 5.82. The van der Waals surface area contributed by atoms with Crippen LogP contribution in [0.5, 0.6) is 0 Å². The summed E-state index contributed by atoms with van der Waals surface area (Å²) in [7, 11) is 0. The molecule has 0 bridgehead atoms. The first-order chi connectivity index (χ1) is 14.9. The maximum absolute atomic E-state index is 13.3. The third-order valence-corrected chi connectivity index (χ3v) is 4.97. The van der Waals surface area contributed by atoms with Crippen molar-refractivity contribution in [1.29, 1.82) is 5.26 Å². The molecule has 1 fully saturated rings. The Hall–Kier alpha value is -2.84. The van der Waals surface area contributed by atoms with Crippen LogP contribution in [0, 0.1) is 17.3 Å². The smallest absolute Gasteiger partial charge is 0.348 e. The van der Waals surface area contributed by atoms with Gasteiger partial charge in [0.25, 0.3) is 0 Å². The normalized spacial score (nSPS) is 20.7. The molecule has 0 aliphatic carbocycles. The van der Waals surface area contributed by atoms with E-state index >= 15 is 0 Å². The summed E-state index contributed by atoms with van der Waals surface area (Å²) in [5, 5.41) is 9.44. The first-order valence-corrected chi connectivity index (χ1v) is 9.38. The van der Waals surface area contributed by atoms with Crippen LogP contribution in [0.3, 0.4) is 0 Å². The van der Waals surface area contributed by atoms with Crippen LogP contribution in [-0.2, 0) is 21.8 Å². The second-order valence-electron chi connectivity index (χ2n) is 7.15. The van der Waals surface area contributed by atoms with Crippen LogP contribution < -0.4 is 0 Å². The van der Waals surface area contributed by atoms with Gasteiger partial charge in [-0.1, -0.05) is 12.1 Å². The third kappa shape index (κ3) is 5.31. The summed E-state index contributed by atoms with van der Waals surface area (Å²) in [4.78, 5) is 1.29. The van der Waals surface area contributed by atoms with Gasteiger partial charge in [-0.25, -0.2) is 4.39 Å². The van der Waals surface area contributed by atoms with E-state index in [2.05, 4.69) is 0 Å². The average Bonchev–Trinajstić information content (AvgIpc) is 2.72. The number of benzene rings is 2. The van der Waals surface area contributed by atoms with Crippen molar-refractivity contribution in [3.8, 4) is 6.19 Å². The Morgan fingerprint density at radius 3 is 2.09 bits per heavy atom. The molecule has 0 aromatic heterocycles. The van der Waals surface area contributed by atoms with Crippen LogP contribution in [0.25, 0.3) is 0 Å². The van der Waals surface area contributed by atoms with Crippen molar-refractivity contribution in [2.24, 2.45) is 0 Å². The van der Waals surface area contributed by atoms with Gasteiger partial charge in [0, 0.05) is 0 Å². The van der Waals surface area contributed by atoms with Gasteiger partial charge >= 0.3 is 12.4 Å². The standard InChI is InChI=1S/C21H17F7N2O2/c1-12(14-8-15(20(23,24)25)10-16(9-14)21(26,27)28)32-19-18(30(11-29)6-7-31-19)13-2-4-17(22)5-3-13/h2-5,8-10,12,18-19H,6-7H2,1H3/t12-,18?,19?/m1/s1. The van der Waals surface area contributed by atoms with Crippen LogP contribution in [0.2, 0.25) is 0 Å². The maximum Gasteiger partial charge on any atom is 0.416 e. The molecular formula is C21H17F7N2O2. The highest BCUT2D eigenvalue weighted by Crippen LogP contribution is 2.39. The molecule has 1 saturated heterocycles. The monoisotopic (exact) mass is 462 g/mol. The number of hydrogen-bond acceptors (Lipinski definition) is 4. The van der Waals surface area contributed by atoms with Crippen molar-refractivity contribution in [2.75, 3.05) is 13.2 Å². The Morgan fingerprint density at radius 1 is 1.03 bits per heavy atom. The van der Waals surface area contributed by atoms with E-state index in [4.69, 9.17) is 9.47 Å².